The highest BCUT2D eigenvalue weighted by atomic mass is 32.1. The molecule has 0 amide bonds. The van der Waals surface area contributed by atoms with E-state index in [1.165, 1.54) is 5.56 Å². The first-order valence-electron chi connectivity index (χ1n) is 6.64. The van der Waals surface area contributed by atoms with E-state index in [0.29, 0.717) is 19.5 Å². The molecule has 1 aromatic heterocycles. The topological polar surface area (TPSA) is 47.3 Å². The molecule has 3 nitrogen and oxygen atoms in total. The number of aliphatic hydroxyl groups is 1. The highest BCUT2D eigenvalue weighted by molar-refractivity contribution is 7.10. The Kier molecular flexibility index (Phi) is 5.75. The third-order valence-corrected chi connectivity index (χ3v) is 4.07. The second-order valence-electron chi connectivity index (χ2n) is 4.66. The van der Waals surface area contributed by atoms with Crippen LogP contribution in [0.3, 0.4) is 0 Å². The van der Waals surface area contributed by atoms with Gasteiger partial charge in [-0.2, -0.15) is 5.26 Å². The van der Waals surface area contributed by atoms with E-state index >= 15 is 0 Å². The lowest BCUT2D eigenvalue weighted by Gasteiger charge is -2.23. The Bertz CT molecular complexity index is 533. The molecule has 0 aliphatic heterocycles. The number of rotatable bonds is 7. The quantitative estimate of drug-likeness (QED) is 0.850. The first kappa shape index (κ1) is 14.7. The Morgan fingerprint density at radius 1 is 1.20 bits per heavy atom. The van der Waals surface area contributed by atoms with Gasteiger partial charge >= 0.3 is 0 Å². The van der Waals surface area contributed by atoms with E-state index in [1.807, 2.05) is 35.7 Å². The SMILES string of the molecule is N#CCCN(Cc1ccccc1)CC(O)c1cccs1. The van der Waals surface area contributed by atoms with Crippen molar-refractivity contribution in [3.63, 3.8) is 0 Å². The van der Waals surface area contributed by atoms with Crippen molar-refractivity contribution in [3.8, 4) is 6.07 Å². The number of nitrogens with zero attached hydrogens (tertiary/aromatic N) is 2. The zero-order valence-corrected chi connectivity index (χ0v) is 12.1. The summed E-state index contributed by atoms with van der Waals surface area (Å²) in [5, 5.41) is 21.0. The van der Waals surface area contributed by atoms with Gasteiger partial charge in [0.2, 0.25) is 0 Å². The Morgan fingerprint density at radius 2 is 2.00 bits per heavy atom. The first-order valence-corrected chi connectivity index (χ1v) is 7.52. The molecule has 0 bridgehead atoms. The molecule has 1 unspecified atom stereocenters. The predicted octanol–water partition coefficient (Wildman–Crippen LogP) is 3.20. The van der Waals surface area contributed by atoms with E-state index in [4.69, 9.17) is 5.26 Å². The predicted molar refractivity (Wildman–Crippen MR) is 81.2 cm³/mol. The van der Waals surface area contributed by atoms with Crippen molar-refractivity contribution < 1.29 is 5.11 Å². The molecule has 0 aliphatic rings. The number of hydrogen-bond donors (Lipinski definition) is 1. The molecule has 2 aromatic rings. The molecule has 0 radical (unpaired) electrons. The van der Waals surface area contributed by atoms with Crippen LogP contribution in [0.15, 0.2) is 47.8 Å². The summed E-state index contributed by atoms with van der Waals surface area (Å²) >= 11 is 1.56. The van der Waals surface area contributed by atoms with Crippen LogP contribution < -0.4 is 0 Å². The van der Waals surface area contributed by atoms with Crippen LogP contribution in [-0.2, 0) is 6.54 Å². The molecule has 0 saturated carbocycles. The largest absolute Gasteiger partial charge is 0.386 e. The molecular formula is C16H18N2OS. The van der Waals surface area contributed by atoms with Crippen LogP contribution in [-0.4, -0.2) is 23.1 Å². The Labute approximate surface area is 123 Å². The summed E-state index contributed by atoms with van der Waals surface area (Å²) in [6.45, 7) is 1.98. The number of benzene rings is 1. The highest BCUT2D eigenvalue weighted by Gasteiger charge is 2.14. The lowest BCUT2D eigenvalue weighted by molar-refractivity contribution is 0.113. The summed E-state index contributed by atoms with van der Waals surface area (Å²) in [6, 6.07) is 16.2. The van der Waals surface area contributed by atoms with Crippen molar-refractivity contribution in [1.29, 1.82) is 5.26 Å². The van der Waals surface area contributed by atoms with Gasteiger partial charge in [-0.05, 0) is 17.0 Å². The van der Waals surface area contributed by atoms with Crippen LogP contribution in [0.4, 0.5) is 0 Å². The van der Waals surface area contributed by atoms with Crippen molar-refractivity contribution in [3.05, 3.63) is 58.3 Å². The van der Waals surface area contributed by atoms with Gasteiger partial charge in [0.05, 0.1) is 6.07 Å². The van der Waals surface area contributed by atoms with E-state index in [0.717, 1.165) is 11.4 Å². The maximum absolute atomic E-state index is 10.2. The monoisotopic (exact) mass is 286 g/mol. The van der Waals surface area contributed by atoms with Gasteiger partial charge < -0.3 is 5.11 Å². The molecule has 1 N–H and O–H groups in total. The maximum atomic E-state index is 10.2. The summed E-state index contributed by atoms with van der Waals surface area (Å²) in [5.41, 5.74) is 1.20. The molecule has 0 fully saturated rings. The number of nitriles is 1. The lowest BCUT2D eigenvalue weighted by Crippen LogP contribution is -2.29. The second-order valence-corrected chi connectivity index (χ2v) is 5.64. The summed E-state index contributed by atoms with van der Waals surface area (Å²) in [4.78, 5) is 3.10. The van der Waals surface area contributed by atoms with Crippen molar-refractivity contribution in [1.82, 2.24) is 4.90 Å². The van der Waals surface area contributed by atoms with Gasteiger partial charge in [-0.1, -0.05) is 36.4 Å². The van der Waals surface area contributed by atoms with E-state index in [9.17, 15) is 5.11 Å². The molecule has 1 atom stereocenters. The minimum Gasteiger partial charge on any atom is -0.386 e. The minimum atomic E-state index is -0.489. The lowest BCUT2D eigenvalue weighted by atomic mass is 10.2. The van der Waals surface area contributed by atoms with E-state index in [-0.39, 0.29) is 0 Å². The molecule has 4 heteroatoms. The maximum Gasteiger partial charge on any atom is 0.101 e. The van der Waals surface area contributed by atoms with Crippen LogP contribution in [0, 0.1) is 11.3 Å². The number of aliphatic hydroxyl groups excluding tert-OH is 1. The molecule has 1 aromatic carbocycles. The fourth-order valence-electron chi connectivity index (χ4n) is 2.10. The Morgan fingerprint density at radius 3 is 2.65 bits per heavy atom. The molecule has 1 heterocycles. The smallest absolute Gasteiger partial charge is 0.101 e. The van der Waals surface area contributed by atoms with Crippen molar-refractivity contribution >= 4 is 11.3 Å². The normalized spacial score (nSPS) is 12.2. The zero-order valence-electron chi connectivity index (χ0n) is 11.3. The molecule has 0 saturated heterocycles. The van der Waals surface area contributed by atoms with Gasteiger partial charge in [0, 0.05) is 30.9 Å². The van der Waals surface area contributed by atoms with E-state index in [2.05, 4.69) is 23.1 Å². The van der Waals surface area contributed by atoms with E-state index < -0.39 is 6.10 Å². The molecule has 0 aliphatic carbocycles. The van der Waals surface area contributed by atoms with Crippen LogP contribution in [0.5, 0.6) is 0 Å². The summed E-state index contributed by atoms with van der Waals surface area (Å²) in [5.74, 6) is 0. The molecule has 104 valence electrons. The van der Waals surface area contributed by atoms with Crippen LogP contribution in [0.1, 0.15) is 23.0 Å². The van der Waals surface area contributed by atoms with Gasteiger partial charge in [-0.3, -0.25) is 4.90 Å². The molecule has 2 rings (SSSR count). The first-order chi connectivity index (χ1) is 9.79. The van der Waals surface area contributed by atoms with Gasteiger partial charge in [0.1, 0.15) is 6.10 Å². The van der Waals surface area contributed by atoms with Crippen LogP contribution >= 0.6 is 11.3 Å². The van der Waals surface area contributed by atoms with E-state index in [1.54, 1.807) is 11.3 Å². The summed E-state index contributed by atoms with van der Waals surface area (Å²) in [7, 11) is 0. The molecule has 0 spiro atoms. The van der Waals surface area contributed by atoms with Gasteiger partial charge in [-0.15, -0.1) is 11.3 Å². The standard InChI is InChI=1S/C16H18N2OS/c17-9-5-10-18(12-14-6-2-1-3-7-14)13-15(19)16-8-4-11-20-16/h1-4,6-8,11,15,19H,5,10,12-13H2. The third-order valence-electron chi connectivity index (χ3n) is 3.09. The number of thiophene rings is 1. The van der Waals surface area contributed by atoms with Gasteiger partial charge in [-0.25, -0.2) is 0 Å². The molecule has 20 heavy (non-hydrogen) atoms. The fraction of sp³-hybridized carbons (Fsp3) is 0.312. The molecular weight excluding hydrogens is 268 g/mol. The van der Waals surface area contributed by atoms with Gasteiger partial charge in [0.25, 0.3) is 0 Å². The minimum absolute atomic E-state index is 0.476. The van der Waals surface area contributed by atoms with Crippen LogP contribution in [0.2, 0.25) is 0 Å². The third kappa shape index (κ3) is 4.46. The summed E-state index contributed by atoms with van der Waals surface area (Å²) < 4.78 is 0. The summed E-state index contributed by atoms with van der Waals surface area (Å²) in [6.07, 6.45) is -0.0123. The fourth-order valence-corrected chi connectivity index (χ4v) is 2.80. The van der Waals surface area contributed by atoms with Gasteiger partial charge in [0.15, 0.2) is 0 Å². The number of hydrogen-bond acceptors (Lipinski definition) is 4. The second kappa shape index (κ2) is 7.81. The van der Waals surface area contributed by atoms with Crippen molar-refractivity contribution in [2.45, 2.75) is 19.1 Å². The van der Waals surface area contributed by atoms with Crippen molar-refractivity contribution in [2.24, 2.45) is 0 Å². The Balaban J connectivity index is 1.98. The average Bonchev–Trinajstić information content (AvgIpc) is 3.00. The van der Waals surface area contributed by atoms with Crippen LogP contribution in [0.25, 0.3) is 0 Å². The van der Waals surface area contributed by atoms with Crippen molar-refractivity contribution in [2.75, 3.05) is 13.1 Å². The Hall–Kier alpha value is -1.67. The average molecular weight is 286 g/mol. The highest BCUT2D eigenvalue weighted by Crippen LogP contribution is 2.20. The zero-order chi connectivity index (χ0) is 14.2.